The van der Waals surface area contributed by atoms with E-state index < -0.39 is 0 Å². The van der Waals surface area contributed by atoms with E-state index in [2.05, 4.69) is 5.32 Å². The summed E-state index contributed by atoms with van der Waals surface area (Å²) in [5, 5.41) is 12.2. The lowest BCUT2D eigenvalue weighted by Gasteiger charge is -2.20. The van der Waals surface area contributed by atoms with Crippen LogP contribution in [0.2, 0.25) is 0 Å². The summed E-state index contributed by atoms with van der Waals surface area (Å²) in [6, 6.07) is -0.230. The molecule has 0 aromatic heterocycles. The van der Waals surface area contributed by atoms with Gasteiger partial charge in [-0.15, -0.1) is 12.4 Å². The molecule has 1 aliphatic rings. The zero-order valence-corrected chi connectivity index (χ0v) is 9.92. The number of ether oxygens (including phenoxy) is 1. The normalized spacial score (nSPS) is 24.7. The molecule has 2 atom stereocenters. The fourth-order valence-corrected chi connectivity index (χ4v) is 1.51. The molecule has 0 aromatic carbocycles. The topological polar surface area (TPSA) is 61.8 Å². The second-order valence-electron chi connectivity index (χ2n) is 3.60. The van der Waals surface area contributed by atoms with Gasteiger partial charge >= 0.3 is 0 Å². The summed E-state index contributed by atoms with van der Waals surface area (Å²) in [5.41, 5.74) is 0. The van der Waals surface area contributed by atoms with E-state index in [0.717, 1.165) is 0 Å². The minimum atomic E-state index is -0.389. The van der Waals surface area contributed by atoms with Gasteiger partial charge in [0.2, 0.25) is 5.91 Å². The number of methoxy groups -OCH3 is 1. The van der Waals surface area contributed by atoms with Crippen LogP contribution in [-0.2, 0) is 9.53 Å². The summed E-state index contributed by atoms with van der Waals surface area (Å²) >= 11 is 0. The maximum absolute atomic E-state index is 11.7. The van der Waals surface area contributed by atoms with Crippen molar-refractivity contribution in [3.8, 4) is 0 Å². The smallest absolute Gasteiger partial charge is 0.239 e. The number of rotatable bonds is 4. The summed E-state index contributed by atoms with van der Waals surface area (Å²) in [6.07, 6.45) is 0.121. The van der Waals surface area contributed by atoms with Crippen molar-refractivity contribution in [2.45, 2.75) is 18.6 Å². The van der Waals surface area contributed by atoms with Crippen LogP contribution in [0.5, 0.6) is 0 Å². The summed E-state index contributed by atoms with van der Waals surface area (Å²) in [4.78, 5) is 13.3. The Morgan fingerprint density at radius 1 is 1.67 bits per heavy atom. The van der Waals surface area contributed by atoms with Crippen LogP contribution in [0.3, 0.4) is 0 Å². The minimum Gasteiger partial charge on any atom is -0.392 e. The lowest BCUT2D eigenvalue weighted by molar-refractivity contribution is -0.132. The molecule has 5 nitrogen and oxygen atoms in total. The molecule has 2 N–H and O–H groups in total. The van der Waals surface area contributed by atoms with Crippen LogP contribution in [0.4, 0.5) is 0 Å². The van der Waals surface area contributed by atoms with Crippen LogP contribution < -0.4 is 5.32 Å². The molecule has 1 rings (SSSR count). The highest BCUT2D eigenvalue weighted by Crippen LogP contribution is 2.08. The monoisotopic (exact) mass is 238 g/mol. The molecule has 1 heterocycles. The van der Waals surface area contributed by atoms with E-state index >= 15 is 0 Å². The molecule has 15 heavy (non-hydrogen) atoms. The number of β-amino-alcohol motifs (C(OH)–C–C–N with tert-alkyl or cyclic N) is 1. The average molecular weight is 239 g/mol. The van der Waals surface area contributed by atoms with Crippen LogP contribution >= 0.6 is 12.4 Å². The first-order chi connectivity index (χ1) is 6.65. The van der Waals surface area contributed by atoms with Gasteiger partial charge in [0, 0.05) is 27.2 Å². The third-order valence-electron chi connectivity index (χ3n) is 2.41. The largest absolute Gasteiger partial charge is 0.392 e. The molecule has 1 aliphatic heterocycles. The van der Waals surface area contributed by atoms with Crippen molar-refractivity contribution in [3.63, 3.8) is 0 Å². The Balaban J connectivity index is 0.00000196. The molecular weight excluding hydrogens is 220 g/mol. The number of hydrogen-bond donors (Lipinski definition) is 2. The Kier molecular flexibility index (Phi) is 6.84. The second-order valence-corrected chi connectivity index (χ2v) is 3.60. The number of nitrogens with zero attached hydrogens (tertiary/aromatic N) is 1. The first kappa shape index (κ1) is 14.6. The van der Waals surface area contributed by atoms with Gasteiger partial charge in [0.15, 0.2) is 0 Å². The van der Waals surface area contributed by atoms with Crippen molar-refractivity contribution >= 4 is 18.3 Å². The molecule has 0 bridgehead atoms. The van der Waals surface area contributed by atoms with Gasteiger partial charge in [-0.3, -0.25) is 4.79 Å². The van der Waals surface area contributed by atoms with E-state index in [-0.39, 0.29) is 30.5 Å². The van der Waals surface area contributed by atoms with Crippen LogP contribution in [0.1, 0.15) is 6.42 Å². The Morgan fingerprint density at radius 2 is 2.33 bits per heavy atom. The van der Waals surface area contributed by atoms with Gasteiger partial charge in [-0.2, -0.15) is 0 Å². The number of carbonyl (C=O) groups excluding carboxylic acids is 1. The van der Waals surface area contributed by atoms with E-state index in [0.29, 0.717) is 26.1 Å². The van der Waals surface area contributed by atoms with Crippen molar-refractivity contribution in [2.24, 2.45) is 0 Å². The van der Waals surface area contributed by atoms with E-state index in [1.165, 1.54) is 0 Å². The predicted octanol–water partition coefficient (Wildman–Crippen LogP) is -0.764. The van der Waals surface area contributed by atoms with Gasteiger partial charge in [-0.1, -0.05) is 0 Å². The van der Waals surface area contributed by atoms with Crippen molar-refractivity contribution < 1.29 is 14.6 Å². The molecule has 1 amide bonds. The van der Waals surface area contributed by atoms with Gasteiger partial charge in [0.1, 0.15) is 0 Å². The van der Waals surface area contributed by atoms with Crippen molar-refractivity contribution in [2.75, 3.05) is 33.9 Å². The highest BCUT2D eigenvalue weighted by Gasteiger charge is 2.29. The standard InChI is InChI=1S/C9H18N2O3.ClH/c1-11(3-4-14-2)9(13)8-5-7(12)6-10-8;/h7-8,10,12H,3-6H2,1-2H3;1H/t7-,8+;/m0./s1. The van der Waals surface area contributed by atoms with Crippen molar-refractivity contribution in [1.29, 1.82) is 0 Å². The Morgan fingerprint density at radius 3 is 2.80 bits per heavy atom. The molecule has 6 heteroatoms. The van der Waals surface area contributed by atoms with Gasteiger partial charge in [0.05, 0.1) is 18.8 Å². The number of likely N-dealkylation sites (N-methyl/N-ethyl adjacent to an activating group) is 1. The van der Waals surface area contributed by atoms with Gasteiger partial charge in [-0.25, -0.2) is 0 Å². The van der Waals surface area contributed by atoms with E-state index in [9.17, 15) is 9.90 Å². The zero-order valence-electron chi connectivity index (χ0n) is 9.10. The average Bonchev–Trinajstić information content (AvgIpc) is 2.60. The molecule has 0 radical (unpaired) electrons. The first-order valence-electron chi connectivity index (χ1n) is 4.80. The lowest BCUT2D eigenvalue weighted by atomic mass is 10.2. The SMILES string of the molecule is COCCN(C)C(=O)[C@H]1C[C@H](O)CN1.Cl. The number of hydrogen-bond acceptors (Lipinski definition) is 4. The summed E-state index contributed by atoms with van der Waals surface area (Å²) in [6.45, 7) is 1.63. The van der Waals surface area contributed by atoms with Crippen molar-refractivity contribution in [1.82, 2.24) is 10.2 Å². The third-order valence-corrected chi connectivity index (χ3v) is 2.41. The molecule has 90 valence electrons. The van der Waals surface area contributed by atoms with Crippen LogP contribution in [-0.4, -0.2) is 61.9 Å². The van der Waals surface area contributed by atoms with Crippen LogP contribution in [0.25, 0.3) is 0 Å². The minimum absolute atomic E-state index is 0. The number of aliphatic hydroxyl groups excluding tert-OH is 1. The Bertz CT molecular complexity index is 204. The lowest BCUT2D eigenvalue weighted by Crippen LogP contribution is -2.42. The quantitative estimate of drug-likeness (QED) is 0.676. The maximum atomic E-state index is 11.7. The highest BCUT2D eigenvalue weighted by atomic mass is 35.5. The number of aliphatic hydroxyl groups is 1. The van der Waals surface area contributed by atoms with Gasteiger partial charge < -0.3 is 20.1 Å². The number of halogens is 1. The highest BCUT2D eigenvalue weighted by molar-refractivity contribution is 5.85. The summed E-state index contributed by atoms with van der Waals surface area (Å²) in [5.74, 6) is 0.0265. The van der Waals surface area contributed by atoms with Gasteiger partial charge in [-0.05, 0) is 6.42 Å². The molecule has 1 fully saturated rings. The maximum Gasteiger partial charge on any atom is 0.239 e. The molecule has 0 saturated carbocycles. The second kappa shape index (κ2) is 7.00. The molecule has 1 saturated heterocycles. The number of nitrogens with one attached hydrogen (secondary N) is 1. The molecule has 0 unspecified atom stereocenters. The fourth-order valence-electron chi connectivity index (χ4n) is 1.51. The Hall–Kier alpha value is -0.360. The fraction of sp³-hybridized carbons (Fsp3) is 0.889. The van der Waals surface area contributed by atoms with E-state index in [4.69, 9.17) is 4.74 Å². The predicted molar refractivity (Wildman–Crippen MR) is 59.2 cm³/mol. The van der Waals surface area contributed by atoms with Crippen LogP contribution in [0.15, 0.2) is 0 Å². The molecular formula is C9H19ClN2O3. The van der Waals surface area contributed by atoms with Crippen LogP contribution in [0, 0.1) is 0 Å². The number of amides is 1. The molecule has 0 spiro atoms. The first-order valence-corrected chi connectivity index (χ1v) is 4.80. The van der Waals surface area contributed by atoms with E-state index in [1.807, 2.05) is 0 Å². The summed E-state index contributed by atoms with van der Waals surface area (Å²) < 4.78 is 4.88. The number of carbonyl (C=O) groups is 1. The van der Waals surface area contributed by atoms with Gasteiger partial charge in [0.25, 0.3) is 0 Å². The Labute approximate surface area is 96.2 Å². The molecule has 0 aliphatic carbocycles. The third kappa shape index (κ3) is 4.34. The van der Waals surface area contributed by atoms with Crippen molar-refractivity contribution in [3.05, 3.63) is 0 Å². The van der Waals surface area contributed by atoms with E-state index in [1.54, 1.807) is 19.1 Å². The summed E-state index contributed by atoms with van der Waals surface area (Å²) in [7, 11) is 3.35. The molecule has 0 aromatic rings. The zero-order chi connectivity index (χ0) is 10.6.